The summed E-state index contributed by atoms with van der Waals surface area (Å²) in [4.78, 5) is 4.39. The first-order chi connectivity index (χ1) is 8.11. The molecular weight excluding hydrogens is 278 g/mol. The lowest BCUT2D eigenvalue weighted by Gasteiger charge is -2.08. The number of halogens is 1. The third kappa shape index (κ3) is 2.50. The molecule has 2 nitrogen and oxygen atoms in total. The molecule has 0 radical (unpaired) electrons. The zero-order valence-corrected chi connectivity index (χ0v) is 11.7. The normalized spacial score (nSPS) is 10.4. The SMILES string of the molecule is COc1ccc(-c2cc(C)c(Br)c(C)c2)nc1. The van der Waals surface area contributed by atoms with E-state index in [1.807, 2.05) is 12.1 Å². The zero-order chi connectivity index (χ0) is 12.4. The van der Waals surface area contributed by atoms with Gasteiger partial charge in [-0.25, -0.2) is 0 Å². The lowest BCUT2D eigenvalue weighted by molar-refractivity contribution is 0.413. The van der Waals surface area contributed by atoms with Crippen molar-refractivity contribution in [1.82, 2.24) is 4.98 Å². The molecule has 0 spiro atoms. The van der Waals surface area contributed by atoms with Crippen molar-refractivity contribution in [2.75, 3.05) is 7.11 Å². The molecule has 0 bridgehead atoms. The molecule has 0 aliphatic carbocycles. The van der Waals surface area contributed by atoms with Gasteiger partial charge in [-0.3, -0.25) is 4.98 Å². The Balaban J connectivity index is 2.45. The van der Waals surface area contributed by atoms with Crippen molar-refractivity contribution in [2.24, 2.45) is 0 Å². The summed E-state index contributed by atoms with van der Waals surface area (Å²) in [5.41, 5.74) is 4.53. The number of pyridine rings is 1. The Morgan fingerprint density at radius 3 is 2.24 bits per heavy atom. The van der Waals surface area contributed by atoms with Crippen LogP contribution in [0.2, 0.25) is 0 Å². The molecular formula is C14H14BrNO. The van der Waals surface area contributed by atoms with Crippen molar-refractivity contribution in [3.63, 3.8) is 0 Å². The number of aromatic nitrogens is 1. The van der Waals surface area contributed by atoms with Crippen molar-refractivity contribution < 1.29 is 4.74 Å². The zero-order valence-electron chi connectivity index (χ0n) is 10.1. The van der Waals surface area contributed by atoms with Crippen molar-refractivity contribution in [2.45, 2.75) is 13.8 Å². The second kappa shape index (κ2) is 4.88. The van der Waals surface area contributed by atoms with Crippen LogP contribution in [0.3, 0.4) is 0 Å². The molecule has 2 rings (SSSR count). The third-order valence-electron chi connectivity index (χ3n) is 2.70. The van der Waals surface area contributed by atoms with E-state index in [0.717, 1.165) is 21.5 Å². The number of rotatable bonds is 2. The highest BCUT2D eigenvalue weighted by molar-refractivity contribution is 9.10. The van der Waals surface area contributed by atoms with E-state index in [1.165, 1.54) is 11.1 Å². The second-order valence-corrected chi connectivity index (χ2v) is 4.80. The van der Waals surface area contributed by atoms with Gasteiger partial charge in [0, 0.05) is 10.0 Å². The van der Waals surface area contributed by atoms with E-state index in [1.54, 1.807) is 13.3 Å². The van der Waals surface area contributed by atoms with Gasteiger partial charge in [-0.05, 0) is 49.2 Å². The third-order valence-corrected chi connectivity index (χ3v) is 3.96. The van der Waals surface area contributed by atoms with Gasteiger partial charge in [0.25, 0.3) is 0 Å². The Labute approximate surface area is 110 Å². The van der Waals surface area contributed by atoms with Crippen LogP contribution in [0.25, 0.3) is 11.3 Å². The monoisotopic (exact) mass is 291 g/mol. The minimum Gasteiger partial charge on any atom is -0.495 e. The summed E-state index contributed by atoms with van der Waals surface area (Å²) >= 11 is 3.57. The molecule has 0 aliphatic rings. The molecule has 88 valence electrons. The molecule has 0 aliphatic heterocycles. The van der Waals surface area contributed by atoms with Crippen LogP contribution in [0.15, 0.2) is 34.9 Å². The Kier molecular flexibility index (Phi) is 3.48. The summed E-state index contributed by atoms with van der Waals surface area (Å²) in [6.45, 7) is 4.17. The van der Waals surface area contributed by atoms with Crippen molar-refractivity contribution in [3.05, 3.63) is 46.1 Å². The van der Waals surface area contributed by atoms with E-state index >= 15 is 0 Å². The van der Waals surface area contributed by atoms with E-state index in [4.69, 9.17) is 4.74 Å². The Hall–Kier alpha value is -1.35. The maximum Gasteiger partial charge on any atom is 0.137 e. The van der Waals surface area contributed by atoms with Crippen LogP contribution in [0.5, 0.6) is 5.75 Å². The number of hydrogen-bond donors (Lipinski definition) is 0. The smallest absolute Gasteiger partial charge is 0.137 e. The van der Waals surface area contributed by atoms with Gasteiger partial charge in [-0.2, -0.15) is 0 Å². The molecule has 0 N–H and O–H groups in total. The van der Waals surface area contributed by atoms with E-state index in [2.05, 4.69) is 46.9 Å². The highest BCUT2D eigenvalue weighted by Crippen LogP contribution is 2.28. The fraction of sp³-hybridized carbons (Fsp3) is 0.214. The van der Waals surface area contributed by atoms with Gasteiger partial charge in [-0.1, -0.05) is 15.9 Å². The van der Waals surface area contributed by atoms with E-state index in [-0.39, 0.29) is 0 Å². The lowest BCUT2D eigenvalue weighted by atomic mass is 10.0. The van der Waals surface area contributed by atoms with Gasteiger partial charge >= 0.3 is 0 Å². The fourth-order valence-electron chi connectivity index (χ4n) is 1.77. The Morgan fingerprint density at radius 2 is 1.76 bits per heavy atom. The number of methoxy groups -OCH3 is 1. The van der Waals surface area contributed by atoms with Crippen LogP contribution in [0, 0.1) is 13.8 Å². The first kappa shape index (κ1) is 12.1. The molecule has 0 fully saturated rings. The van der Waals surface area contributed by atoms with E-state index in [9.17, 15) is 0 Å². The standard InChI is InChI=1S/C14H14BrNO/c1-9-6-11(7-10(2)14(9)15)13-5-4-12(17-3)8-16-13/h4-8H,1-3H3. The Bertz CT molecular complexity index is 511. The molecule has 0 atom stereocenters. The number of benzene rings is 1. The predicted octanol–water partition coefficient (Wildman–Crippen LogP) is 4.14. The van der Waals surface area contributed by atoms with Crippen molar-refractivity contribution >= 4 is 15.9 Å². The predicted molar refractivity (Wildman–Crippen MR) is 73.4 cm³/mol. The topological polar surface area (TPSA) is 22.1 Å². The number of ether oxygens (including phenoxy) is 1. The van der Waals surface area contributed by atoms with Crippen molar-refractivity contribution in [3.8, 4) is 17.0 Å². The molecule has 2 aromatic rings. The molecule has 1 aromatic carbocycles. The summed E-state index contributed by atoms with van der Waals surface area (Å²) in [7, 11) is 1.64. The average molecular weight is 292 g/mol. The fourth-order valence-corrected chi connectivity index (χ4v) is 1.99. The molecule has 17 heavy (non-hydrogen) atoms. The van der Waals surface area contributed by atoms with Gasteiger partial charge in [0.1, 0.15) is 5.75 Å². The number of aryl methyl sites for hydroxylation is 2. The average Bonchev–Trinajstić information content (AvgIpc) is 2.35. The van der Waals surface area contributed by atoms with Gasteiger partial charge in [0.2, 0.25) is 0 Å². The highest BCUT2D eigenvalue weighted by atomic mass is 79.9. The maximum absolute atomic E-state index is 5.10. The largest absolute Gasteiger partial charge is 0.495 e. The minimum absolute atomic E-state index is 0.777. The number of hydrogen-bond acceptors (Lipinski definition) is 2. The van der Waals surface area contributed by atoms with Crippen LogP contribution in [-0.2, 0) is 0 Å². The summed E-state index contributed by atoms with van der Waals surface area (Å²) < 4.78 is 6.26. The van der Waals surface area contributed by atoms with Gasteiger partial charge in [-0.15, -0.1) is 0 Å². The Morgan fingerprint density at radius 1 is 1.12 bits per heavy atom. The number of nitrogens with zero attached hydrogens (tertiary/aromatic N) is 1. The molecule has 0 unspecified atom stereocenters. The molecule has 1 aromatic heterocycles. The van der Waals surface area contributed by atoms with Gasteiger partial charge < -0.3 is 4.74 Å². The minimum atomic E-state index is 0.777. The van der Waals surface area contributed by atoms with E-state index in [0.29, 0.717) is 0 Å². The first-order valence-electron chi connectivity index (χ1n) is 5.39. The summed E-state index contributed by atoms with van der Waals surface area (Å²) in [5.74, 6) is 0.777. The summed E-state index contributed by atoms with van der Waals surface area (Å²) in [6.07, 6.45) is 1.74. The van der Waals surface area contributed by atoms with Crippen LogP contribution in [-0.4, -0.2) is 12.1 Å². The van der Waals surface area contributed by atoms with E-state index < -0.39 is 0 Å². The van der Waals surface area contributed by atoms with Gasteiger partial charge in [0.05, 0.1) is 19.0 Å². The summed E-state index contributed by atoms with van der Waals surface area (Å²) in [6, 6.07) is 8.16. The molecule has 1 heterocycles. The van der Waals surface area contributed by atoms with Crippen LogP contribution in [0.4, 0.5) is 0 Å². The molecule has 0 saturated heterocycles. The first-order valence-corrected chi connectivity index (χ1v) is 6.18. The van der Waals surface area contributed by atoms with Crippen LogP contribution < -0.4 is 4.74 Å². The lowest BCUT2D eigenvalue weighted by Crippen LogP contribution is -1.89. The van der Waals surface area contributed by atoms with Crippen LogP contribution >= 0.6 is 15.9 Å². The molecule has 3 heteroatoms. The highest BCUT2D eigenvalue weighted by Gasteiger charge is 2.05. The molecule has 0 saturated carbocycles. The quantitative estimate of drug-likeness (QED) is 0.830. The van der Waals surface area contributed by atoms with Crippen molar-refractivity contribution in [1.29, 1.82) is 0 Å². The molecule has 0 amide bonds. The summed E-state index contributed by atoms with van der Waals surface area (Å²) in [5, 5.41) is 0. The maximum atomic E-state index is 5.10. The van der Waals surface area contributed by atoms with Gasteiger partial charge in [0.15, 0.2) is 0 Å². The van der Waals surface area contributed by atoms with Crippen LogP contribution in [0.1, 0.15) is 11.1 Å². The second-order valence-electron chi connectivity index (χ2n) is 4.01.